The van der Waals surface area contributed by atoms with E-state index >= 15 is 0 Å². The van der Waals surface area contributed by atoms with Gasteiger partial charge in [0.05, 0.1) is 5.69 Å². The average Bonchev–Trinajstić information content (AvgIpc) is 2.59. The Balaban J connectivity index is 2.50. The van der Waals surface area contributed by atoms with Crippen LogP contribution in [0.2, 0.25) is 0 Å². The van der Waals surface area contributed by atoms with Crippen molar-refractivity contribution in [3.63, 3.8) is 0 Å². The zero-order chi connectivity index (χ0) is 16.0. The fourth-order valence-corrected chi connectivity index (χ4v) is 2.43. The summed E-state index contributed by atoms with van der Waals surface area (Å²) in [7, 11) is 0. The molecule has 0 saturated heterocycles. The number of anilines is 2. The lowest BCUT2D eigenvalue weighted by molar-refractivity contribution is -0.142. The van der Waals surface area contributed by atoms with Crippen molar-refractivity contribution in [1.82, 2.24) is 0 Å². The number of hydrogen-bond acceptors (Lipinski definition) is 4. The van der Waals surface area contributed by atoms with Crippen molar-refractivity contribution in [2.75, 3.05) is 10.6 Å². The van der Waals surface area contributed by atoms with Crippen LogP contribution < -0.4 is 10.6 Å². The molecule has 1 aromatic carbocycles. The predicted octanol–water partition coefficient (Wildman–Crippen LogP) is 2.41. The van der Waals surface area contributed by atoms with Gasteiger partial charge in [-0.05, 0) is 45.4 Å². The first-order valence-corrected chi connectivity index (χ1v) is 6.69. The molecule has 2 rings (SSSR count). The molecule has 1 aliphatic heterocycles. The van der Waals surface area contributed by atoms with E-state index in [-0.39, 0.29) is 6.42 Å². The molecule has 0 radical (unpaired) electrons. The van der Waals surface area contributed by atoms with Crippen LogP contribution in [-0.4, -0.2) is 28.3 Å². The van der Waals surface area contributed by atoms with E-state index in [1.807, 2.05) is 0 Å². The number of fused-ring (bicyclic) bond motifs is 1. The monoisotopic (exact) mass is 292 g/mol. The van der Waals surface area contributed by atoms with Crippen molar-refractivity contribution in [1.29, 1.82) is 0 Å². The van der Waals surface area contributed by atoms with Gasteiger partial charge in [0.1, 0.15) is 11.1 Å². The van der Waals surface area contributed by atoms with Crippen LogP contribution in [0.15, 0.2) is 18.2 Å². The Morgan fingerprint density at radius 2 is 2.00 bits per heavy atom. The number of rotatable bonds is 1. The molecule has 1 aliphatic rings. The maximum absolute atomic E-state index is 12.5. The fraction of sp³-hybridized carbons (Fsp3) is 0.467. The normalized spacial score (nSPS) is 21.0. The summed E-state index contributed by atoms with van der Waals surface area (Å²) in [6.07, 6.45) is -0.464. The van der Waals surface area contributed by atoms with E-state index in [4.69, 9.17) is 10.5 Å². The number of nitrogen functional groups attached to an aromatic ring is 1. The molecule has 1 unspecified atom stereocenters. The first-order valence-electron chi connectivity index (χ1n) is 6.69. The molecule has 1 atom stereocenters. The number of carboxylic acids is 1. The molecule has 0 fully saturated rings. The zero-order valence-corrected chi connectivity index (χ0v) is 12.6. The number of carbonyl (C=O) groups is 2. The second kappa shape index (κ2) is 4.65. The van der Waals surface area contributed by atoms with E-state index in [0.717, 1.165) is 5.56 Å². The number of benzene rings is 1. The smallest absolute Gasteiger partial charge is 0.415 e. The lowest BCUT2D eigenvalue weighted by Crippen LogP contribution is -2.54. The molecule has 6 heteroatoms. The molecule has 0 bridgehead atoms. The minimum atomic E-state index is -1.38. The summed E-state index contributed by atoms with van der Waals surface area (Å²) in [6, 6.07) is 5.05. The van der Waals surface area contributed by atoms with Crippen LogP contribution in [0.5, 0.6) is 0 Å². The maximum atomic E-state index is 12.5. The Labute approximate surface area is 123 Å². The topological polar surface area (TPSA) is 92.9 Å². The Hall–Kier alpha value is -2.24. The van der Waals surface area contributed by atoms with E-state index in [1.54, 1.807) is 39.0 Å². The number of carboxylic acid groups (broad SMARTS) is 1. The average molecular weight is 292 g/mol. The number of nitrogens with zero attached hydrogens (tertiary/aromatic N) is 1. The van der Waals surface area contributed by atoms with Crippen LogP contribution in [0.3, 0.4) is 0 Å². The largest absolute Gasteiger partial charge is 0.479 e. The van der Waals surface area contributed by atoms with Gasteiger partial charge in [-0.3, -0.25) is 4.90 Å². The third kappa shape index (κ3) is 2.66. The fourth-order valence-electron chi connectivity index (χ4n) is 2.43. The van der Waals surface area contributed by atoms with Gasteiger partial charge < -0.3 is 15.6 Å². The predicted molar refractivity (Wildman–Crippen MR) is 79.3 cm³/mol. The highest BCUT2D eigenvalue weighted by Gasteiger charge is 2.50. The highest BCUT2D eigenvalue weighted by Crippen LogP contribution is 2.41. The molecule has 1 aromatic rings. The Bertz CT molecular complexity index is 606. The van der Waals surface area contributed by atoms with E-state index in [0.29, 0.717) is 11.4 Å². The molecule has 0 saturated carbocycles. The third-order valence-corrected chi connectivity index (χ3v) is 3.42. The van der Waals surface area contributed by atoms with E-state index in [2.05, 4.69) is 0 Å². The van der Waals surface area contributed by atoms with Crippen LogP contribution in [-0.2, 0) is 16.0 Å². The van der Waals surface area contributed by atoms with Gasteiger partial charge in [0.25, 0.3) is 0 Å². The summed E-state index contributed by atoms with van der Waals surface area (Å²) in [4.78, 5) is 25.3. The van der Waals surface area contributed by atoms with E-state index in [9.17, 15) is 14.7 Å². The van der Waals surface area contributed by atoms with Crippen LogP contribution >= 0.6 is 0 Å². The quantitative estimate of drug-likeness (QED) is 0.775. The molecule has 0 aromatic heterocycles. The van der Waals surface area contributed by atoms with Gasteiger partial charge in [0.15, 0.2) is 0 Å². The van der Waals surface area contributed by atoms with Crippen molar-refractivity contribution in [3.8, 4) is 0 Å². The molecule has 0 spiro atoms. The number of aliphatic carboxylic acids is 1. The molecule has 6 nitrogen and oxygen atoms in total. The van der Waals surface area contributed by atoms with Crippen LogP contribution in [0.25, 0.3) is 0 Å². The van der Waals surface area contributed by atoms with Crippen LogP contribution in [0, 0.1) is 0 Å². The van der Waals surface area contributed by atoms with Crippen molar-refractivity contribution in [2.24, 2.45) is 0 Å². The number of nitrogens with two attached hydrogens (primary N) is 1. The molecule has 1 amide bonds. The summed E-state index contributed by atoms with van der Waals surface area (Å²) in [6.45, 7) is 6.72. The van der Waals surface area contributed by atoms with E-state index < -0.39 is 23.2 Å². The van der Waals surface area contributed by atoms with Gasteiger partial charge >= 0.3 is 12.1 Å². The SMILES string of the molecule is CC(C)(C)OC(=O)N1c2cc(N)ccc2CC1(C)C(=O)O. The minimum Gasteiger partial charge on any atom is -0.479 e. The summed E-state index contributed by atoms with van der Waals surface area (Å²) < 4.78 is 5.35. The summed E-state index contributed by atoms with van der Waals surface area (Å²) >= 11 is 0. The number of amides is 1. The summed E-state index contributed by atoms with van der Waals surface area (Å²) in [5.41, 5.74) is 5.40. The molecular weight excluding hydrogens is 272 g/mol. The van der Waals surface area contributed by atoms with Crippen molar-refractivity contribution in [2.45, 2.75) is 45.3 Å². The van der Waals surface area contributed by atoms with Gasteiger partial charge in [-0.25, -0.2) is 9.59 Å². The van der Waals surface area contributed by atoms with Gasteiger partial charge in [-0.1, -0.05) is 6.07 Å². The highest BCUT2D eigenvalue weighted by atomic mass is 16.6. The standard InChI is InChI=1S/C15H20N2O4/c1-14(2,3)21-13(20)17-11-7-10(16)6-5-9(11)8-15(17,4)12(18)19/h5-7H,8,16H2,1-4H3,(H,18,19). The van der Waals surface area contributed by atoms with E-state index in [1.165, 1.54) is 11.8 Å². The van der Waals surface area contributed by atoms with Crippen molar-refractivity contribution >= 4 is 23.4 Å². The Morgan fingerprint density at radius 3 is 2.52 bits per heavy atom. The minimum absolute atomic E-state index is 0.219. The second-order valence-corrected chi connectivity index (χ2v) is 6.46. The Kier molecular flexibility index (Phi) is 3.35. The summed E-state index contributed by atoms with van der Waals surface area (Å²) in [5, 5.41) is 9.55. The highest BCUT2D eigenvalue weighted by molar-refractivity contribution is 6.01. The van der Waals surface area contributed by atoms with Gasteiger partial charge in [0.2, 0.25) is 0 Å². The first-order chi connectivity index (χ1) is 9.54. The van der Waals surface area contributed by atoms with Crippen molar-refractivity contribution in [3.05, 3.63) is 23.8 Å². The molecule has 114 valence electrons. The van der Waals surface area contributed by atoms with Gasteiger partial charge in [0, 0.05) is 12.1 Å². The number of ether oxygens (including phenoxy) is 1. The first kappa shape index (κ1) is 15.2. The molecule has 1 heterocycles. The maximum Gasteiger partial charge on any atom is 0.415 e. The summed E-state index contributed by atoms with van der Waals surface area (Å²) in [5.74, 6) is -1.08. The molecular formula is C15H20N2O4. The number of hydrogen-bond donors (Lipinski definition) is 2. The Morgan fingerprint density at radius 1 is 1.38 bits per heavy atom. The lowest BCUT2D eigenvalue weighted by atomic mass is 9.97. The lowest BCUT2D eigenvalue weighted by Gasteiger charge is -2.33. The van der Waals surface area contributed by atoms with Gasteiger partial charge in [-0.2, -0.15) is 0 Å². The molecule has 0 aliphatic carbocycles. The van der Waals surface area contributed by atoms with Gasteiger partial charge in [-0.15, -0.1) is 0 Å². The third-order valence-electron chi connectivity index (χ3n) is 3.42. The molecule has 3 N–H and O–H groups in total. The van der Waals surface area contributed by atoms with Crippen molar-refractivity contribution < 1.29 is 19.4 Å². The zero-order valence-electron chi connectivity index (χ0n) is 12.6. The van der Waals surface area contributed by atoms with Crippen LogP contribution in [0.4, 0.5) is 16.2 Å². The second-order valence-electron chi connectivity index (χ2n) is 6.46. The number of carbonyl (C=O) groups excluding carboxylic acids is 1. The molecule has 21 heavy (non-hydrogen) atoms. The van der Waals surface area contributed by atoms with Crippen LogP contribution in [0.1, 0.15) is 33.3 Å².